The number of nitrogens with zero attached hydrogens (tertiary/aromatic N) is 2. The average molecular weight is 524 g/mol. The molecule has 0 unspecified atom stereocenters. The van der Waals surface area contributed by atoms with Crippen molar-refractivity contribution in [2.75, 3.05) is 25.0 Å². The van der Waals surface area contributed by atoms with E-state index in [0.29, 0.717) is 17.9 Å². The SMILES string of the molecule is CC[C@@H](C(=O)NC)N(Cc1ccc(OC)cc1)C(=O)CN(c1cccc(C)c1)S(=O)(=O)c1ccccc1. The molecular weight excluding hydrogens is 490 g/mol. The van der Waals surface area contributed by atoms with Gasteiger partial charge in [0.25, 0.3) is 10.0 Å². The van der Waals surface area contributed by atoms with Gasteiger partial charge in [0.05, 0.1) is 17.7 Å². The molecule has 0 radical (unpaired) electrons. The number of hydrogen-bond acceptors (Lipinski definition) is 5. The van der Waals surface area contributed by atoms with Gasteiger partial charge in [0.15, 0.2) is 0 Å². The Bertz CT molecular complexity index is 1310. The summed E-state index contributed by atoms with van der Waals surface area (Å²) < 4.78 is 33.8. The Morgan fingerprint density at radius 2 is 1.65 bits per heavy atom. The molecule has 3 aromatic carbocycles. The highest BCUT2D eigenvalue weighted by Gasteiger charge is 2.33. The van der Waals surface area contributed by atoms with Gasteiger partial charge >= 0.3 is 0 Å². The van der Waals surface area contributed by atoms with Crippen LogP contribution in [-0.2, 0) is 26.2 Å². The molecule has 0 aliphatic heterocycles. The quantitative estimate of drug-likeness (QED) is 0.413. The first kappa shape index (κ1) is 27.7. The minimum Gasteiger partial charge on any atom is -0.497 e. The molecule has 0 heterocycles. The number of sulfonamides is 1. The molecule has 2 amide bonds. The van der Waals surface area contributed by atoms with Gasteiger partial charge in [-0.1, -0.05) is 49.4 Å². The molecule has 196 valence electrons. The second kappa shape index (κ2) is 12.4. The van der Waals surface area contributed by atoms with Crippen LogP contribution in [0.2, 0.25) is 0 Å². The van der Waals surface area contributed by atoms with E-state index in [1.54, 1.807) is 55.6 Å². The largest absolute Gasteiger partial charge is 0.497 e. The van der Waals surface area contributed by atoms with Crippen molar-refractivity contribution in [3.05, 3.63) is 90.0 Å². The summed E-state index contributed by atoms with van der Waals surface area (Å²) in [7, 11) is -0.991. The van der Waals surface area contributed by atoms with Crippen molar-refractivity contribution in [1.82, 2.24) is 10.2 Å². The summed E-state index contributed by atoms with van der Waals surface area (Å²) in [6.45, 7) is 3.33. The molecule has 8 nitrogen and oxygen atoms in total. The van der Waals surface area contributed by atoms with Crippen LogP contribution >= 0.6 is 0 Å². The summed E-state index contributed by atoms with van der Waals surface area (Å²) in [4.78, 5) is 28.1. The smallest absolute Gasteiger partial charge is 0.264 e. The van der Waals surface area contributed by atoms with Crippen molar-refractivity contribution in [3.8, 4) is 5.75 Å². The zero-order valence-electron chi connectivity index (χ0n) is 21.5. The lowest BCUT2D eigenvalue weighted by Gasteiger charge is -2.33. The van der Waals surface area contributed by atoms with E-state index in [-0.39, 0.29) is 17.3 Å². The molecular formula is C28H33N3O5S. The molecule has 3 aromatic rings. The summed E-state index contributed by atoms with van der Waals surface area (Å²) in [6.07, 6.45) is 0.359. The number of anilines is 1. The predicted octanol–water partition coefficient (Wildman–Crippen LogP) is 3.75. The second-order valence-electron chi connectivity index (χ2n) is 8.57. The average Bonchev–Trinajstić information content (AvgIpc) is 2.92. The van der Waals surface area contributed by atoms with E-state index in [0.717, 1.165) is 15.4 Å². The predicted molar refractivity (Wildman–Crippen MR) is 144 cm³/mol. The molecule has 0 fully saturated rings. The van der Waals surface area contributed by atoms with Crippen LogP contribution in [0.3, 0.4) is 0 Å². The summed E-state index contributed by atoms with van der Waals surface area (Å²) in [5, 5.41) is 2.62. The van der Waals surface area contributed by atoms with E-state index < -0.39 is 28.5 Å². The normalized spacial score (nSPS) is 11.9. The molecule has 0 aliphatic rings. The van der Waals surface area contributed by atoms with Crippen molar-refractivity contribution < 1.29 is 22.7 Å². The van der Waals surface area contributed by atoms with Gasteiger partial charge in [0, 0.05) is 13.6 Å². The van der Waals surface area contributed by atoms with Crippen LogP contribution in [0.5, 0.6) is 5.75 Å². The lowest BCUT2D eigenvalue weighted by molar-refractivity contribution is -0.140. The van der Waals surface area contributed by atoms with Crippen LogP contribution < -0.4 is 14.4 Å². The number of benzene rings is 3. The monoisotopic (exact) mass is 523 g/mol. The van der Waals surface area contributed by atoms with Crippen molar-refractivity contribution in [2.45, 2.75) is 37.8 Å². The van der Waals surface area contributed by atoms with Crippen LogP contribution in [0.15, 0.2) is 83.8 Å². The van der Waals surface area contributed by atoms with Crippen molar-refractivity contribution in [3.63, 3.8) is 0 Å². The summed E-state index contributed by atoms with van der Waals surface area (Å²) in [6, 6.07) is 21.4. The van der Waals surface area contributed by atoms with Crippen molar-refractivity contribution in [1.29, 1.82) is 0 Å². The van der Waals surface area contributed by atoms with E-state index >= 15 is 0 Å². The summed E-state index contributed by atoms with van der Waals surface area (Å²) >= 11 is 0. The summed E-state index contributed by atoms with van der Waals surface area (Å²) in [5.74, 6) is -0.149. The van der Waals surface area contributed by atoms with Gasteiger partial charge in [-0.25, -0.2) is 8.42 Å². The Labute approximate surface area is 218 Å². The number of carbonyl (C=O) groups excluding carboxylic acids is 2. The van der Waals surface area contributed by atoms with Crippen LogP contribution in [0, 0.1) is 6.92 Å². The van der Waals surface area contributed by atoms with Gasteiger partial charge in [-0.05, 0) is 60.9 Å². The highest BCUT2D eigenvalue weighted by Crippen LogP contribution is 2.25. The third kappa shape index (κ3) is 6.68. The zero-order chi connectivity index (χ0) is 27.0. The Balaban J connectivity index is 2.03. The highest BCUT2D eigenvalue weighted by atomic mass is 32.2. The highest BCUT2D eigenvalue weighted by molar-refractivity contribution is 7.92. The standard InChI is InChI=1S/C28H33N3O5S/c1-5-26(28(33)29-3)30(19-22-14-16-24(36-4)17-15-22)27(32)20-31(23-11-9-10-21(2)18-23)37(34,35)25-12-7-6-8-13-25/h6-18,26H,5,19-20H2,1-4H3,(H,29,33)/t26-/m0/s1. The molecule has 3 rings (SSSR count). The minimum atomic E-state index is -4.07. The third-order valence-electron chi connectivity index (χ3n) is 6.04. The van der Waals surface area contributed by atoms with Gasteiger partial charge in [-0.3, -0.25) is 13.9 Å². The van der Waals surface area contributed by atoms with E-state index in [1.807, 2.05) is 32.0 Å². The molecule has 37 heavy (non-hydrogen) atoms. The lowest BCUT2D eigenvalue weighted by atomic mass is 10.1. The topological polar surface area (TPSA) is 96.0 Å². The molecule has 1 atom stereocenters. The third-order valence-corrected chi connectivity index (χ3v) is 7.83. The van der Waals surface area contributed by atoms with E-state index in [4.69, 9.17) is 4.74 Å². The molecule has 0 bridgehead atoms. The van der Waals surface area contributed by atoms with Crippen molar-refractivity contribution in [2.24, 2.45) is 0 Å². The fraction of sp³-hybridized carbons (Fsp3) is 0.286. The number of hydrogen-bond donors (Lipinski definition) is 1. The molecule has 9 heteroatoms. The number of aryl methyl sites for hydroxylation is 1. The maximum Gasteiger partial charge on any atom is 0.264 e. The number of methoxy groups -OCH3 is 1. The van der Waals surface area contributed by atoms with Gasteiger partial charge in [-0.2, -0.15) is 0 Å². The molecule has 0 aliphatic carbocycles. The Morgan fingerprint density at radius 3 is 2.22 bits per heavy atom. The summed E-state index contributed by atoms with van der Waals surface area (Å²) in [5.41, 5.74) is 2.00. The molecule has 0 saturated carbocycles. The number of nitrogens with one attached hydrogen (secondary N) is 1. The maximum atomic E-state index is 13.9. The van der Waals surface area contributed by atoms with E-state index in [1.165, 1.54) is 24.1 Å². The van der Waals surface area contributed by atoms with Crippen LogP contribution in [0.4, 0.5) is 5.69 Å². The Morgan fingerprint density at radius 1 is 0.973 bits per heavy atom. The fourth-order valence-corrected chi connectivity index (χ4v) is 5.47. The molecule has 0 aromatic heterocycles. The van der Waals surface area contributed by atoms with Gasteiger partial charge in [-0.15, -0.1) is 0 Å². The van der Waals surface area contributed by atoms with Gasteiger partial charge in [0.1, 0.15) is 18.3 Å². The Hall–Kier alpha value is -3.85. The number of likely N-dealkylation sites (N-methyl/N-ethyl adjacent to an activating group) is 1. The molecule has 0 saturated heterocycles. The van der Waals surface area contributed by atoms with Crippen LogP contribution in [-0.4, -0.2) is 51.9 Å². The van der Waals surface area contributed by atoms with Crippen LogP contribution in [0.1, 0.15) is 24.5 Å². The Kier molecular flexibility index (Phi) is 9.30. The first-order valence-corrected chi connectivity index (χ1v) is 13.4. The lowest BCUT2D eigenvalue weighted by Crippen LogP contribution is -2.51. The second-order valence-corrected chi connectivity index (χ2v) is 10.4. The first-order valence-electron chi connectivity index (χ1n) is 12.0. The van der Waals surface area contributed by atoms with Crippen LogP contribution in [0.25, 0.3) is 0 Å². The number of amides is 2. The fourth-order valence-electron chi connectivity index (χ4n) is 4.05. The zero-order valence-corrected chi connectivity index (χ0v) is 22.4. The van der Waals surface area contributed by atoms with Crippen molar-refractivity contribution >= 4 is 27.5 Å². The van der Waals surface area contributed by atoms with E-state index in [2.05, 4.69) is 5.32 Å². The molecule has 0 spiro atoms. The maximum absolute atomic E-state index is 13.9. The van der Waals surface area contributed by atoms with E-state index in [9.17, 15) is 18.0 Å². The first-order chi connectivity index (χ1) is 17.7. The van der Waals surface area contributed by atoms with Gasteiger partial charge < -0.3 is 15.0 Å². The number of carbonyl (C=O) groups is 2. The van der Waals surface area contributed by atoms with Gasteiger partial charge in [0.2, 0.25) is 11.8 Å². The number of ether oxygens (including phenoxy) is 1. The molecule has 1 N–H and O–H groups in total. The number of rotatable bonds is 11. The minimum absolute atomic E-state index is 0.0735.